The van der Waals surface area contributed by atoms with Gasteiger partial charge in [0.05, 0.1) is 18.4 Å². The number of amides is 1. The highest BCUT2D eigenvalue weighted by atomic mass is 16.5. The Morgan fingerprint density at radius 2 is 1.63 bits per heavy atom. The molecule has 0 atom stereocenters. The van der Waals surface area contributed by atoms with Crippen LogP contribution in [0, 0.1) is 0 Å². The third-order valence-electron chi connectivity index (χ3n) is 3.98. The van der Waals surface area contributed by atoms with E-state index in [4.69, 9.17) is 13.9 Å². The van der Waals surface area contributed by atoms with Crippen molar-refractivity contribution in [3.63, 3.8) is 0 Å². The Labute approximate surface area is 158 Å². The summed E-state index contributed by atoms with van der Waals surface area (Å²) >= 11 is 0. The Morgan fingerprint density at radius 1 is 0.889 bits per heavy atom. The maximum absolute atomic E-state index is 11.7. The molecule has 0 saturated heterocycles. The Kier molecular flexibility index (Phi) is 6.92. The number of benzene rings is 2. The van der Waals surface area contributed by atoms with Gasteiger partial charge < -0.3 is 19.2 Å². The maximum Gasteiger partial charge on any atom is 0.254 e. The molecule has 0 aliphatic rings. The zero-order valence-electron chi connectivity index (χ0n) is 15.1. The van der Waals surface area contributed by atoms with Crippen molar-refractivity contribution >= 4 is 5.91 Å². The molecule has 1 aromatic heterocycles. The van der Waals surface area contributed by atoms with Crippen LogP contribution in [0.15, 0.2) is 77.6 Å². The van der Waals surface area contributed by atoms with Gasteiger partial charge in [0.2, 0.25) is 0 Å². The average Bonchev–Trinajstić information content (AvgIpc) is 3.25. The van der Waals surface area contributed by atoms with Crippen molar-refractivity contribution < 1.29 is 18.7 Å². The summed E-state index contributed by atoms with van der Waals surface area (Å²) in [7, 11) is 0. The van der Waals surface area contributed by atoms with E-state index < -0.39 is 0 Å². The molecule has 0 aliphatic carbocycles. The van der Waals surface area contributed by atoms with Crippen LogP contribution in [0.5, 0.6) is 11.5 Å². The fourth-order valence-electron chi connectivity index (χ4n) is 2.49. The smallest absolute Gasteiger partial charge is 0.254 e. The highest BCUT2D eigenvalue weighted by Crippen LogP contribution is 2.19. The first-order valence-electron chi connectivity index (χ1n) is 9.01. The molecule has 0 fully saturated rings. The highest BCUT2D eigenvalue weighted by Gasteiger charge is 2.05. The topological polar surface area (TPSA) is 60.7 Å². The van der Waals surface area contributed by atoms with Crippen molar-refractivity contribution in [2.75, 3.05) is 13.2 Å². The van der Waals surface area contributed by atoms with E-state index in [0.717, 1.165) is 29.9 Å². The van der Waals surface area contributed by atoms with Crippen molar-refractivity contribution in [1.82, 2.24) is 5.32 Å². The summed E-state index contributed by atoms with van der Waals surface area (Å²) in [6.07, 6.45) is 4.63. The molecule has 0 bridgehead atoms. The standard InChI is InChI=1S/C22H23NO4/c24-22(19-12-15-25-17-19)23-13-4-5-14-26-20-8-10-21(11-9-20)27-16-18-6-2-1-3-7-18/h1-3,6-12,15,17H,4-5,13-14,16H2,(H,23,24). The van der Waals surface area contributed by atoms with E-state index in [9.17, 15) is 4.79 Å². The van der Waals surface area contributed by atoms with Gasteiger partial charge in [-0.25, -0.2) is 0 Å². The predicted octanol–water partition coefficient (Wildman–Crippen LogP) is 4.45. The lowest BCUT2D eigenvalue weighted by Gasteiger charge is -2.09. The van der Waals surface area contributed by atoms with Gasteiger partial charge in [0.15, 0.2) is 0 Å². The van der Waals surface area contributed by atoms with E-state index >= 15 is 0 Å². The second kappa shape index (κ2) is 10.1. The highest BCUT2D eigenvalue weighted by molar-refractivity contribution is 5.93. The van der Waals surface area contributed by atoms with Crippen molar-refractivity contribution in [3.05, 3.63) is 84.3 Å². The summed E-state index contributed by atoms with van der Waals surface area (Å²) < 4.78 is 16.4. The zero-order valence-corrected chi connectivity index (χ0v) is 15.1. The van der Waals surface area contributed by atoms with E-state index in [1.807, 2.05) is 54.6 Å². The molecule has 0 aliphatic heterocycles. The summed E-state index contributed by atoms with van der Waals surface area (Å²) in [6.45, 7) is 1.76. The first-order valence-corrected chi connectivity index (χ1v) is 9.01. The van der Waals surface area contributed by atoms with E-state index in [1.54, 1.807) is 6.07 Å². The lowest BCUT2D eigenvalue weighted by atomic mass is 10.2. The molecular formula is C22H23NO4. The Balaban J connectivity index is 1.29. The SMILES string of the molecule is O=C(NCCCCOc1ccc(OCc2ccccc2)cc1)c1ccoc1. The fraction of sp³-hybridized carbons (Fsp3) is 0.227. The number of furan rings is 1. The third kappa shape index (κ3) is 6.22. The molecule has 0 spiro atoms. The van der Waals surface area contributed by atoms with Gasteiger partial charge in [0.1, 0.15) is 24.4 Å². The van der Waals surface area contributed by atoms with Crippen LogP contribution in [-0.4, -0.2) is 19.1 Å². The molecule has 3 aromatic rings. The molecule has 2 aromatic carbocycles. The maximum atomic E-state index is 11.7. The lowest BCUT2D eigenvalue weighted by molar-refractivity contribution is 0.0951. The van der Waals surface area contributed by atoms with Gasteiger partial charge in [-0.15, -0.1) is 0 Å². The average molecular weight is 365 g/mol. The third-order valence-corrected chi connectivity index (χ3v) is 3.98. The molecule has 0 radical (unpaired) electrons. The van der Waals surface area contributed by atoms with Gasteiger partial charge in [-0.1, -0.05) is 30.3 Å². The molecular weight excluding hydrogens is 342 g/mol. The molecule has 0 saturated carbocycles. The van der Waals surface area contributed by atoms with Crippen LogP contribution >= 0.6 is 0 Å². The lowest BCUT2D eigenvalue weighted by Crippen LogP contribution is -2.24. The number of rotatable bonds is 10. The van der Waals surface area contributed by atoms with Crippen molar-refractivity contribution in [3.8, 4) is 11.5 Å². The molecule has 1 heterocycles. The summed E-state index contributed by atoms with van der Waals surface area (Å²) in [5.74, 6) is 1.51. The Morgan fingerprint density at radius 3 is 2.33 bits per heavy atom. The Bertz CT molecular complexity index is 798. The number of unbranched alkanes of at least 4 members (excludes halogenated alkanes) is 1. The number of carbonyl (C=O) groups excluding carboxylic acids is 1. The zero-order chi connectivity index (χ0) is 18.7. The fourth-order valence-corrected chi connectivity index (χ4v) is 2.49. The van der Waals surface area contributed by atoms with Gasteiger partial charge in [0.25, 0.3) is 5.91 Å². The quantitative estimate of drug-likeness (QED) is 0.539. The number of hydrogen-bond donors (Lipinski definition) is 1. The normalized spacial score (nSPS) is 10.4. The second-order valence-electron chi connectivity index (χ2n) is 6.07. The monoisotopic (exact) mass is 365 g/mol. The molecule has 0 unspecified atom stereocenters. The minimum absolute atomic E-state index is 0.115. The van der Waals surface area contributed by atoms with E-state index in [1.165, 1.54) is 12.5 Å². The number of ether oxygens (including phenoxy) is 2. The van der Waals surface area contributed by atoms with Crippen molar-refractivity contribution in [2.24, 2.45) is 0 Å². The molecule has 1 amide bonds. The summed E-state index contributed by atoms with van der Waals surface area (Å²) in [5, 5.41) is 2.85. The second-order valence-corrected chi connectivity index (χ2v) is 6.07. The number of nitrogens with one attached hydrogen (secondary N) is 1. The molecule has 3 rings (SSSR count). The van der Waals surface area contributed by atoms with Crippen molar-refractivity contribution in [2.45, 2.75) is 19.4 Å². The first kappa shape index (κ1) is 18.6. The van der Waals surface area contributed by atoms with Crippen LogP contribution in [-0.2, 0) is 6.61 Å². The first-order chi connectivity index (χ1) is 13.3. The minimum Gasteiger partial charge on any atom is -0.494 e. The summed E-state index contributed by atoms with van der Waals surface area (Å²) in [5.41, 5.74) is 1.68. The number of hydrogen-bond acceptors (Lipinski definition) is 4. The van der Waals surface area contributed by atoms with Crippen LogP contribution < -0.4 is 14.8 Å². The Hall–Kier alpha value is -3.21. The predicted molar refractivity (Wildman–Crippen MR) is 103 cm³/mol. The largest absolute Gasteiger partial charge is 0.494 e. The van der Waals surface area contributed by atoms with Crippen LogP contribution in [0.25, 0.3) is 0 Å². The van der Waals surface area contributed by atoms with Crippen LogP contribution in [0.4, 0.5) is 0 Å². The van der Waals surface area contributed by atoms with Crippen LogP contribution in [0.2, 0.25) is 0 Å². The van der Waals surface area contributed by atoms with Crippen LogP contribution in [0.1, 0.15) is 28.8 Å². The van der Waals surface area contributed by atoms with Gasteiger partial charge >= 0.3 is 0 Å². The molecule has 1 N–H and O–H groups in total. The molecule has 140 valence electrons. The van der Waals surface area contributed by atoms with Crippen LogP contribution in [0.3, 0.4) is 0 Å². The van der Waals surface area contributed by atoms with E-state index in [2.05, 4.69) is 5.32 Å². The summed E-state index contributed by atoms with van der Waals surface area (Å²) in [4.78, 5) is 11.7. The van der Waals surface area contributed by atoms with Gasteiger partial charge in [-0.3, -0.25) is 4.79 Å². The molecule has 27 heavy (non-hydrogen) atoms. The molecule has 5 heteroatoms. The van der Waals surface area contributed by atoms with Gasteiger partial charge in [0, 0.05) is 6.54 Å². The summed E-state index contributed by atoms with van der Waals surface area (Å²) in [6, 6.07) is 19.3. The number of carbonyl (C=O) groups is 1. The van der Waals surface area contributed by atoms with Gasteiger partial charge in [-0.2, -0.15) is 0 Å². The van der Waals surface area contributed by atoms with Crippen molar-refractivity contribution in [1.29, 1.82) is 0 Å². The van der Waals surface area contributed by atoms with E-state index in [-0.39, 0.29) is 5.91 Å². The van der Waals surface area contributed by atoms with E-state index in [0.29, 0.717) is 25.3 Å². The van der Waals surface area contributed by atoms with Gasteiger partial charge in [-0.05, 0) is 48.7 Å². The minimum atomic E-state index is -0.115. The molecule has 5 nitrogen and oxygen atoms in total.